The van der Waals surface area contributed by atoms with Gasteiger partial charge in [0.05, 0.1) is 0 Å². The van der Waals surface area contributed by atoms with Gasteiger partial charge >= 0.3 is 6.01 Å². The number of aromatic nitrogens is 2. The van der Waals surface area contributed by atoms with Crippen LogP contribution in [0.15, 0.2) is 28.7 Å². The van der Waals surface area contributed by atoms with E-state index in [0.29, 0.717) is 18.5 Å². The lowest BCUT2D eigenvalue weighted by atomic mass is 10.00. The molecule has 0 amide bonds. The first-order valence-corrected chi connectivity index (χ1v) is 8.40. The maximum Gasteiger partial charge on any atom is 0.315 e. The Morgan fingerprint density at radius 1 is 1.17 bits per heavy atom. The third-order valence-electron chi connectivity index (χ3n) is 4.23. The molecule has 3 N–H and O–H groups in total. The Hall–Kier alpha value is -1.92. The van der Waals surface area contributed by atoms with Gasteiger partial charge in [0.15, 0.2) is 0 Å². The van der Waals surface area contributed by atoms with Crippen molar-refractivity contribution in [2.24, 2.45) is 5.73 Å². The van der Waals surface area contributed by atoms with Gasteiger partial charge in [0.1, 0.15) is 0 Å². The van der Waals surface area contributed by atoms with E-state index in [1.54, 1.807) is 0 Å². The van der Waals surface area contributed by atoms with Crippen LogP contribution in [0.25, 0.3) is 0 Å². The van der Waals surface area contributed by atoms with Crippen molar-refractivity contribution in [3.05, 3.63) is 41.3 Å². The molecule has 3 rings (SSSR count). The van der Waals surface area contributed by atoms with Gasteiger partial charge in [-0.15, -0.1) is 5.10 Å². The second-order valence-electron chi connectivity index (χ2n) is 5.97. The molecule has 2 aromatic rings. The highest BCUT2D eigenvalue weighted by atomic mass is 16.4. The van der Waals surface area contributed by atoms with Gasteiger partial charge < -0.3 is 15.5 Å². The Morgan fingerprint density at radius 2 is 2.04 bits per heavy atom. The minimum atomic E-state index is 0.519. The monoisotopic (exact) mass is 315 g/mol. The fourth-order valence-electron chi connectivity index (χ4n) is 2.91. The number of unbranched alkanes of at least 4 members (excludes halogenated alkanes) is 1. The third-order valence-corrected chi connectivity index (χ3v) is 4.23. The number of hydrogen-bond acceptors (Lipinski definition) is 6. The molecule has 1 aliphatic heterocycles. The number of nitrogens with zero attached hydrogens (tertiary/aromatic N) is 3. The first-order valence-electron chi connectivity index (χ1n) is 8.40. The van der Waals surface area contributed by atoms with Crippen LogP contribution in [0.4, 0.5) is 6.01 Å². The molecule has 1 aromatic carbocycles. The Morgan fingerprint density at radius 3 is 2.91 bits per heavy atom. The maximum absolute atomic E-state index is 5.58. The zero-order valence-corrected chi connectivity index (χ0v) is 13.5. The highest BCUT2D eigenvalue weighted by molar-refractivity contribution is 5.29. The summed E-state index contributed by atoms with van der Waals surface area (Å²) >= 11 is 0. The molecule has 0 saturated heterocycles. The molecule has 0 atom stereocenters. The molecule has 1 aliphatic rings. The minimum absolute atomic E-state index is 0.519. The maximum atomic E-state index is 5.58. The van der Waals surface area contributed by atoms with Gasteiger partial charge in [0.25, 0.3) is 0 Å². The van der Waals surface area contributed by atoms with Crippen LogP contribution < -0.4 is 11.1 Å². The highest BCUT2D eigenvalue weighted by Gasteiger charge is 2.15. The predicted molar refractivity (Wildman–Crippen MR) is 90.2 cm³/mol. The van der Waals surface area contributed by atoms with Gasteiger partial charge in [-0.05, 0) is 36.9 Å². The normalized spacial score (nSPS) is 14.7. The van der Waals surface area contributed by atoms with E-state index in [1.807, 2.05) is 0 Å². The molecule has 0 saturated carbocycles. The predicted octanol–water partition coefficient (Wildman–Crippen LogP) is 1.82. The van der Waals surface area contributed by atoms with E-state index < -0.39 is 0 Å². The zero-order valence-electron chi connectivity index (χ0n) is 13.5. The van der Waals surface area contributed by atoms with Crippen molar-refractivity contribution >= 4 is 6.01 Å². The standard InChI is InChI=1S/C17H25N5O/c18-9-4-3-7-16-20-21-17(23-16)19-10-12-22-11-8-14-5-1-2-6-15(14)13-22/h1-2,5-6H,3-4,7-13,18H2,(H,19,21). The molecule has 0 unspecified atom stereocenters. The summed E-state index contributed by atoms with van der Waals surface area (Å²) in [6, 6.07) is 9.21. The van der Waals surface area contributed by atoms with Crippen molar-refractivity contribution in [1.82, 2.24) is 15.1 Å². The highest BCUT2D eigenvalue weighted by Crippen LogP contribution is 2.18. The van der Waals surface area contributed by atoms with E-state index in [0.717, 1.165) is 51.9 Å². The molecule has 6 heteroatoms. The molecule has 6 nitrogen and oxygen atoms in total. The van der Waals surface area contributed by atoms with Crippen molar-refractivity contribution in [3.63, 3.8) is 0 Å². The number of fused-ring (bicyclic) bond motifs is 1. The number of benzene rings is 1. The number of hydrogen-bond donors (Lipinski definition) is 2. The van der Waals surface area contributed by atoms with Crippen LogP contribution in [0.3, 0.4) is 0 Å². The van der Waals surface area contributed by atoms with E-state index >= 15 is 0 Å². The largest absolute Gasteiger partial charge is 0.408 e. The quantitative estimate of drug-likeness (QED) is 0.723. The summed E-state index contributed by atoms with van der Waals surface area (Å²) in [7, 11) is 0. The van der Waals surface area contributed by atoms with Crippen LogP contribution in [0.2, 0.25) is 0 Å². The lowest BCUT2D eigenvalue weighted by Crippen LogP contribution is -2.34. The number of anilines is 1. The number of nitrogens with one attached hydrogen (secondary N) is 1. The number of aryl methyl sites for hydroxylation is 1. The van der Waals surface area contributed by atoms with Crippen molar-refractivity contribution in [2.45, 2.75) is 32.2 Å². The van der Waals surface area contributed by atoms with Gasteiger partial charge in [-0.2, -0.15) is 0 Å². The molecular formula is C17H25N5O. The van der Waals surface area contributed by atoms with Crippen molar-refractivity contribution in [3.8, 4) is 0 Å². The van der Waals surface area contributed by atoms with E-state index in [1.165, 1.54) is 11.1 Å². The average molecular weight is 315 g/mol. The third kappa shape index (κ3) is 4.53. The van der Waals surface area contributed by atoms with E-state index in [4.69, 9.17) is 10.2 Å². The lowest BCUT2D eigenvalue weighted by Gasteiger charge is -2.28. The summed E-state index contributed by atoms with van der Waals surface area (Å²) in [6.07, 6.45) is 3.91. The van der Waals surface area contributed by atoms with Crippen molar-refractivity contribution < 1.29 is 4.42 Å². The Bertz CT molecular complexity index is 613. The summed E-state index contributed by atoms with van der Waals surface area (Å²) in [6.45, 7) is 4.61. The molecule has 0 aliphatic carbocycles. The van der Waals surface area contributed by atoms with E-state index in [2.05, 4.69) is 44.7 Å². The number of rotatable bonds is 8. The summed E-state index contributed by atoms with van der Waals surface area (Å²) in [5.41, 5.74) is 8.41. The van der Waals surface area contributed by atoms with Crippen LogP contribution in [0, 0.1) is 0 Å². The van der Waals surface area contributed by atoms with Crippen molar-refractivity contribution in [1.29, 1.82) is 0 Å². The average Bonchev–Trinajstić information content (AvgIpc) is 3.03. The van der Waals surface area contributed by atoms with E-state index in [-0.39, 0.29) is 0 Å². The second kappa shape index (κ2) is 8.08. The number of nitrogens with two attached hydrogens (primary N) is 1. The van der Waals surface area contributed by atoms with Crippen molar-refractivity contribution in [2.75, 3.05) is 31.5 Å². The van der Waals surface area contributed by atoms with Gasteiger partial charge in [0.2, 0.25) is 5.89 Å². The molecule has 23 heavy (non-hydrogen) atoms. The summed E-state index contributed by atoms with van der Waals surface area (Å²) in [5.74, 6) is 0.688. The molecule has 124 valence electrons. The molecule has 2 heterocycles. The van der Waals surface area contributed by atoms with Gasteiger partial charge in [0, 0.05) is 32.6 Å². The fourth-order valence-corrected chi connectivity index (χ4v) is 2.91. The zero-order chi connectivity index (χ0) is 15.9. The Balaban J connectivity index is 1.40. The molecule has 0 spiro atoms. The molecular weight excluding hydrogens is 290 g/mol. The molecule has 0 bridgehead atoms. The van der Waals surface area contributed by atoms with Gasteiger partial charge in [-0.25, -0.2) is 0 Å². The first kappa shape index (κ1) is 16.0. The van der Waals surface area contributed by atoms with Crippen LogP contribution in [-0.2, 0) is 19.4 Å². The molecule has 0 fully saturated rings. The Labute approximate surface area is 137 Å². The first-order chi connectivity index (χ1) is 11.3. The van der Waals surface area contributed by atoms with Crippen LogP contribution >= 0.6 is 0 Å². The lowest BCUT2D eigenvalue weighted by molar-refractivity contribution is 0.263. The molecule has 0 radical (unpaired) electrons. The Kier molecular flexibility index (Phi) is 5.60. The van der Waals surface area contributed by atoms with E-state index in [9.17, 15) is 0 Å². The minimum Gasteiger partial charge on any atom is -0.408 e. The van der Waals surface area contributed by atoms with Gasteiger partial charge in [-0.1, -0.05) is 29.4 Å². The summed E-state index contributed by atoms with van der Waals surface area (Å²) in [4.78, 5) is 2.45. The van der Waals surface area contributed by atoms with Crippen LogP contribution in [0.1, 0.15) is 29.9 Å². The van der Waals surface area contributed by atoms with Crippen LogP contribution in [0.5, 0.6) is 0 Å². The second-order valence-corrected chi connectivity index (χ2v) is 5.97. The summed E-state index contributed by atoms with van der Waals surface area (Å²) in [5, 5.41) is 11.3. The van der Waals surface area contributed by atoms with Gasteiger partial charge in [-0.3, -0.25) is 4.90 Å². The fraction of sp³-hybridized carbons (Fsp3) is 0.529. The molecule has 1 aromatic heterocycles. The SMILES string of the molecule is NCCCCc1nnc(NCCN2CCc3ccccc3C2)o1. The smallest absolute Gasteiger partial charge is 0.315 e. The topological polar surface area (TPSA) is 80.2 Å². The summed E-state index contributed by atoms with van der Waals surface area (Å²) < 4.78 is 5.58. The van der Waals surface area contributed by atoms with Crippen LogP contribution in [-0.4, -0.2) is 41.3 Å².